The van der Waals surface area contributed by atoms with Crippen LogP contribution in [0.2, 0.25) is 10.0 Å². The fourth-order valence-electron chi connectivity index (χ4n) is 2.15. The van der Waals surface area contributed by atoms with Gasteiger partial charge in [-0.25, -0.2) is 18.1 Å². The van der Waals surface area contributed by atoms with Gasteiger partial charge in [0.15, 0.2) is 4.34 Å². The first-order valence-electron chi connectivity index (χ1n) is 7.36. The van der Waals surface area contributed by atoms with Crippen LogP contribution in [0.1, 0.15) is 12.5 Å². The number of hydrogen-bond acceptors (Lipinski definition) is 5. The van der Waals surface area contributed by atoms with Crippen LogP contribution in [0.5, 0.6) is 0 Å². The number of benzene rings is 2. The molecule has 2 aromatic carbocycles. The molecule has 0 atom stereocenters. The summed E-state index contributed by atoms with van der Waals surface area (Å²) >= 11 is 15.0. The Morgan fingerprint density at radius 1 is 1.16 bits per heavy atom. The molecule has 0 saturated carbocycles. The topological polar surface area (TPSA) is 59.1 Å². The third-order valence-corrected chi connectivity index (χ3v) is 7.55. The van der Waals surface area contributed by atoms with E-state index in [-0.39, 0.29) is 11.4 Å². The summed E-state index contributed by atoms with van der Waals surface area (Å²) in [7, 11) is -3.63. The highest BCUT2D eigenvalue weighted by atomic mass is 35.5. The molecule has 0 unspecified atom stereocenters. The first-order chi connectivity index (χ1) is 11.9. The molecule has 3 rings (SSSR count). The molecule has 4 nitrogen and oxygen atoms in total. The van der Waals surface area contributed by atoms with Gasteiger partial charge in [0.1, 0.15) is 0 Å². The van der Waals surface area contributed by atoms with Crippen molar-refractivity contribution in [1.82, 2.24) is 9.71 Å². The number of fused-ring (bicyclic) bond motifs is 1. The van der Waals surface area contributed by atoms with E-state index in [0.29, 0.717) is 10.0 Å². The molecule has 1 aromatic heterocycles. The van der Waals surface area contributed by atoms with Crippen LogP contribution in [-0.2, 0) is 16.6 Å². The van der Waals surface area contributed by atoms with Crippen LogP contribution in [0, 0.1) is 0 Å². The first-order valence-corrected chi connectivity index (χ1v) is 11.4. The van der Waals surface area contributed by atoms with E-state index in [1.54, 1.807) is 48.2 Å². The molecule has 0 fully saturated rings. The minimum atomic E-state index is -3.63. The number of aromatic nitrogens is 1. The molecule has 9 heteroatoms. The van der Waals surface area contributed by atoms with E-state index in [9.17, 15) is 8.42 Å². The Kier molecular flexibility index (Phi) is 5.92. The van der Waals surface area contributed by atoms with Crippen molar-refractivity contribution < 1.29 is 8.42 Å². The lowest BCUT2D eigenvalue weighted by atomic mass is 10.2. The number of thiazole rings is 1. The lowest BCUT2D eigenvalue weighted by Gasteiger charge is -2.07. The molecular weight excluding hydrogens is 419 g/mol. The Morgan fingerprint density at radius 2 is 1.96 bits per heavy atom. The molecule has 0 amide bonds. The molecule has 0 radical (unpaired) electrons. The summed E-state index contributed by atoms with van der Waals surface area (Å²) in [6.07, 6.45) is 0. The number of nitrogens with zero attached hydrogens (tertiary/aromatic N) is 1. The van der Waals surface area contributed by atoms with Gasteiger partial charge in [-0.2, -0.15) is 0 Å². The number of thioether (sulfide) groups is 1. The molecule has 0 bridgehead atoms. The van der Waals surface area contributed by atoms with Gasteiger partial charge in [-0.15, -0.1) is 11.3 Å². The quantitative estimate of drug-likeness (QED) is 0.544. The fourth-order valence-corrected chi connectivity index (χ4v) is 5.59. The SMILES string of the molecule is CCSc1nc2ccc(S(=O)(=O)NCc3ccc(Cl)c(Cl)c3)cc2s1. The minimum absolute atomic E-state index is 0.136. The fraction of sp³-hybridized carbons (Fsp3) is 0.188. The molecule has 0 aliphatic carbocycles. The van der Waals surface area contributed by atoms with Gasteiger partial charge >= 0.3 is 0 Å². The third-order valence-electron chi connectivity index (χ3n) is 3.37. The predicted octanol–water partition coefficient (Wildman–Crippen LogP) is 5.19. The maximum absolute atomic E-state index is 12.5. The minimum Gasteiger partial charge on any atom is -0.230 e. The van der Waals surface area contributed by atoms with Crippen LogP contribution >= 0.6 is 46.3 Å². The van der Waals surface area contributed by atoms with E-state index in [1.807, 2.05) is 0 Å². The Morgan fingerprint density at radius 3 is 2.68 bits per heavy atom. The molecule has 0 saturated heterocycles. The second-order valence-corrected chi connectivity index (χ2v) is 10.2. The van der Waals surface area contributed by atoms with Crippen LogP contribution in [0.3, 0.4) is 0 Å². The highest BCUT2D eigenvalue weighted by molar-refractivity contribution is 8.01. The standard InChI is InChI=1S/C16H14Cl2N2O2S3/c1-2-23-16-20-14-6-4-11(8-15(14)24-16)25(21,22)19-9-10-3-5-12(17)13(18)7-10/h3-8,19H,2,9H2,1H3. The van der Waals surface area contributed by atoms with Crippen molar-refractivity contribution in [2.45, 2.75) is 22.7 Å². The Balaban J connectivity index is 1.81. The smallest absolute Gasteiger partial charge is 0.230 e. The highest BCUT2D eigenvalue weighted by Gasteiger charge is 2.16. The molecule has 0 spiro atoms. The zero-order valence-electron chi connectivity index (χ0n) is 13.1. The third kappa shape index (κ3) is 4.48. The lowest BCUT2D eigenvalue weighted by Crippen LogP contribution is -2.23. The van der Waals surface area contributed by atoms with Crippen LogP contribution < -0.4 is 4.72 Å². The predicted molar refractivity (Wildman–Crippen MR) is 107 cm³/mol. The van der Waals surface area contributed by atoms with Crippen molar-refractivity contribution in [2.24, 2.45) is 0 Å². The van der Waals surface area contributed by atoms with Gasteiger partial charge in [-0.3, -0.25) is 0 Å². The van der Waals surface area contributed by atoms with Crippen molar-refractivity contribution in [3.63, 3.8) is 0 Å². The Hall–Kier alpha value is -0.830. The second-order valence-electron chi connectivity index (χ2n) is 5.12. The Bertz CT molecular complexity index is 1020. The molecule has 1 heterocycles. The molecule has 0 aliphatic heterocycles. The number of hydrogen-bond donors (Lipinski definition) is 1. The summed E-state index contributed by atoms with van der Waals surface area (Å²) in [5.74, 6) is 0.927. The highest BCUT2D eigenvalue weighted by Crippen LogP contribution is 2.31. The number of halogens is 2. The van der Waals surface area contributed by atoms with E-state index in [2.05, 4.69) is 16.6 Å². The summed E-state index contributed by atoms with van der Waals surface area (Å²) in [5, 5.41) is 0.829. The zero-order valence-corrected chi connectivity index (χ0v) is 17.1. The van der Waals surface area contributed by atoms with E-state index in [1.165, 1.54) is 11.3 Å². The van der Waals surface area contributed by atoms with Gasteiger partial charge in [0, 0.05) is 6.54 Å². The number of nitrogens with one attached hydrogen (secondary N) is 1. The molecular formula is C16H14Cl2N2O2S3. The largest absolute Gasteiger partial charge is 0.240 e. The maximum atomic E-state index is 12.5. The number of rotatable bonds is 6. The van der Waals surface area contributed by atoms with E-state index in [4.69, 9.17) is 23.2 Å². The van der Waals surface area contributed by atoms with Gasteiger partial charge < -0.3 is 0 Å². The second kappa shape index (κ2) is 7.82. The zero-order chi connectivity index (χ0) is 18.0. The number of sulfonamides is 1. The van der Waals surface area contributed by atoms with Crippen LogP contribution in [0.4, 0.5) is 0 Å². The average molecular weight is 433 g/mol. The summed E-state index contributed by atoms with van der Waals surface area (Å²) in [6, 6.07) is 9.98. The van der Waals surface area contributed by atoms with E-state index in [0.717, 1.165) is 25.9 Å². The van der Waals surface area contributed by atoms with E-state index >= 15 is 0 Å². The van der Waals surface area contributed by atoms with Gasteiger partial charge in [-0.05, 0) is 41.6 Å². The summed E-state index contributed by atoms with van der Waals surface area (Å²) in [6.45, 7) is 2.19. The molecule has 25 heavy (non-hydrogen) atoms. The molecule has 0 aliphatic rings. The lowest BCUT2D eigenvalue weighted by molar-refractivity contribution is 0.581. The van der Waals surface area contributed by atoms with Crippen molar-refractivity contribution in [2.75, 3.05) is 5.75 Å². The van der Waals surface area contributed by atoms with Crippen LogP contribution in [-0.4, -0.2) is 19.2 Å². The first kappa shape index (κ1) is 18.9. The van der Waals surface area contributed by atoms with Gasteiger partial charge in [0.25, 0.3) is 0 Å². The Labute approximate surface area is 164 Å². The summed E-state index contributed by atoms with van der Waals surface area (Å²) in [5.41, 5.74) is 1.54. The monoisotopic (exact) mass is 432 g/mol. The van der Waals surface area contributed by atoms with Crippen molar-refractivity contribution in [3.8, 4) is 0 Å². The van der Waals surface area contributed by atoms with Gasteiger partial charge in [0.05, 0.1) is 25.2 Å². The van der Waals surface area contributed by atoms with Gasteiger partial charge in [0.2, 0.25) is 10.0 Å². The molecule has 132 valence electrons. The average Bonchev–Trinajstić information content (AvgIpc) is 2.98. The summed E-state index contributed by atoms with van der Waals surface area (Å²) < 4.78 is 29.5. The maximum Gasteiger partial charge on any atom is 0.240 e. The molecule has 3 aromatic rings. The molecule has 1 N–H and O–H groups in total. The normalized spacial score (nSPS) is 12.0. The van der Waals surface area contributed by atoms with Crippen molar-refractivity contribution in [1.29, 1.82) is 0 Å². The van der Waals surface area contributed by atoms with Crippen molar-refractivity contribution in [3.05, 3.63) is 52.0 Å². The summed E-state index contributed by atoms with van der Waals surface area (Å²) in [4.78, 5) is 4.70. The van der Waals surface area contributed by atoms with Gasteiger partial charge in [-0.1, -0.05) is 48.0 Å². The van der Waals surface area contributed by atoms with E-state index < -0.39 is 10.0 Å². The van der Waals surface area contributed by atoms with Crippen LogP contribution in [0.25, 0.3) is 10.2 Å². The van der Waals surface area contributed by atoms with Crippen molar-refractivity contribution >= 4 is 66.5 Å². The van der Waals surface area contributed by atoms with Crippen LogP contribution in [0.15, 0.2) is 45.6 Å².